The Bertz CT molecular complexity index is 1420. The van der Waals surface area contributed by atoms with Crippen molar-refractivity contribution in [1.29, 1.82) is 0 Å². The van der Waals surface area contributed by atoms with Gasteiger partial charge in [-0.15, -0.1) is 0 Å². The summed E-state index contributed by atoms with van der Waals surface area (Å²) in [5.74, 6) is -0.0857. The van der Waals surface area contributed by atoms with Crippen molar-refractivity contribution in [1.82, 2.24) is 10.3 Å². The molecule has 0 unspecified atom stereocenters. The highest BCUT2D eigenvalue weighted by atomic mass is 35.5. The SMILES string of the molecule is O=C(/C=C/c1cccc([N+](=O)[O-])c1)NC(=S)Nc1ccc2oc(-c3ccccc3Cl)nc2c1. The maximum absolute atomic E-state index is 12.1. The molecule has 0 aliphatic heterocycles. The Morgan fingerprint density at radius 2 is 1.94 bits per heavy atom. The summed E-state index contributed by atoms with van der Waals surface area (Å²) in [6.07, 6.45) is 2.70. The van der Waals surface area contributed by atoms with Crippen molar-refractivity contribution in [2.24, 2.45) is 0 Å². The molecule has 0 fully saturated rings. The Kier molecular flexibility index (Phi) is 6.43. The van der Waals surface area contributed by atoms with Gasteiger partial charge in [0.2, 0.25) is 11.8 Å². The van der Waals surface area contributed by atoms with Gasteiger partial charge in [0.25, 0.3) is 5.69 Å². The molecule has 4 rings (SSSR count). The van der Waals surface area contributed by atoms with E-state index in [9.17, 15) is 14.9 Å². The Labute approximate surface area is 198 Å². The highest BCUT2D eigenvalue weighted by Crippen LogP contribution is 2.30. The number of fused-ring (bicyclic) bond motifs is 1. The van der Waals surface area contributed by atoms with E-state index in [0.29, 0.717) is 38.8 Å². The monoisotopic (exact) mass is 478 g/mol. The number of hydrogen-bond acceptors (Lipinski definition) is 6. The number of nitrogens with zero attached hydrogens (tertiary/aromatic N) is 2. The van der Waals surface area contributed by atoms with Crippen LogP contribution in [-0.2, 0) is 4.79 Å². The topological polar surface area (TPSA) is 110 Å². The van der Waals surface area contributed by atoms with Gasteiger partial charge in [0.1, 0.15) is 5.52 Å². The van der Waals surface area contributed by atoms with E-state index in [-0.39, 0.29) is 10.8 Å². The number of rotatable bonds is 5. The zero-order valence-corrected chi connectivity index (χ0v) is 18.4. The normalized spacial score (nSPS) is 10.9. The molecule has 0 saturated carbocycles. The number of halogens is 1. The van der Waals surface area contributed by atoms with Gasteiger partial charge >= 0.3 is 0 Å². The third-order valence-corrected chi connectivity index (χ3v) is 5.03. The molecule has 0 spiro atoms. The summed E-state index contributed by atoms with van der Waals surface area (Å²) >= 11 is 11.4. The number of benzene rings is 3. The first-order valence-corrected chi connectivity index (χ1v) is 10.4. The van der Waals surface area contributed by atoms with Crippen LogP contribution < -0.4 is 10.6 Å². The molecular weight excluding hydrogens is 464 g/mol. The Morgan fingerprint density at radius 3 is 2.73 bits per heavy atom. The quantitative estimate of drug-likeness (QED) is 0.167. The van der Waals surface area contributed by atoms with Gasteiger partial charge in [-0.05, 0) is 54.2 Å². The van der Waals surface area contributed by atoms with Crippen LogP contribution in [0.3, 0.4) is 0 Å². The molecule has 4 aromatic rings. The van der Waals surface area contributed by atoms with E-state index in [4.69, 9.17) is 28.2 Å². The van der Waals surface area contributed by atoms with Gasteiger partial charge < -0.3 is 9.73 Å². The molecule has 1 heterocycles. The molecule has 0 aliphatic rings. The molecule has 0 saturated heterocycles. The minimum absolute atomic E-state index is 0.0595. The van der Waals surface area contributed by atoms with Crippen LogP contribution in [0.4, 0.5) is 11.4 Å². The van der Waals surface area contributed by atoms with Crippen molar-refractivity contribution in [3.63, 3.8) is 0 Å². The van der Waals surface area contributed by atoms with Gasteiger partial charge in [-0.25, -0.2) is 4.98 Å². The zero-order chi connectivity index (χ0) is 23.4. The molecule has 1 aromatic heterocycles. The van der Waals surface area contributed by atoms with Crippen molar-refractivity contribution in [2.75, 3.05) is 5.32 Å². The van der Waals surface area contributed by atoms with Crippen LogP contribution in [0.1, 0.15) is 5.56 Å². The fourth-order valence-corrected chi connectivity index (χ4v) is 3.42. The zero-order valence-electron chi connectivity index (χ0n) is 16.8. The molecule has 0 radical (unpaired) electrons. The molecule has 0 bridgehead atoms. The molecule has 0 aliphatic carbocycles. The molecule has 8 nitrogen and oxygen atoms in total. The summed E-state index contributed by atoms with van der Waals surface area (Å²) in [7, 11) is 0. The van der Waals surface area contributed by atoms with Gasteiger partial charge in [0.15, 0.2) is 10.7 Å². The number of nitrogens with one attached hydrogen (secondary N) is 2. The van der Waals surface area contributed by atoms with Crippen LogP contribution in [0.5, 0.6) is 0 Å². The second-order valence-electron chi connectivity index (χ2n) is 6.81. The van der Waals surface area contributed by atoms with E-state index >= 15 is 0 Å². The maximum atomic E-state index is 12.1. The molecule has 10 heteroatoms. The molecule has 1 amide bonds. The van der Waals surface area contributed by atoms with Crippen molar-refractivity contribution in [3.05, 3.63) is 93.5 Å². The van der Waals surface area contributed by atoms with Crippen LogP contribution >= 0.6 is 23.8 Å². The number of non-ortho nitro benzene ring substituents is 1. The third-order valence-electron chi connectivity index (χ3n) is 4.49. The molecule has 2 N–H and O–H groups in total. The number of aromatic nitrogens is 1. The number of carbonyl (C=O) groups is 1. The predicted molar refractivity (Wildman–Crippen MR) is 131 cm³/mol. The Balaban J connectivity index is 1.41. The van der Waals surface area contributed by atoms with E-state index in [2.05, 4.69) is 15.6 Å². The summed E-state index contributed by atoms with van der Waals surface area (Å²) in [6.45, 7) is 0. The Hall–Kier alpha value is -4.08. The number of nitro groups is 1. The number of anilines is 1. The highest BCUT2D eigenvalue weighted by Gasteiger charge is 2.12. The van der Waals surface area contributed by atoms with E-state index in [1.807, 2.05) is 18.2 Å². The van der Waals surface area contributed by atoms with Crippen LogP contribution in [0, 0.1) is 10.1 Å². The average molecular weight is 479 g/mol. The van der Waals surface area contributed by atoms with Crippen molar-refractivity contribution in [3.8, 4) is 11.5 Å². The summed E-state index contributed by atoms with van der Waals surface area (Å²) in [5, 5.41) is 16.9. The van der Waals surface area contributed by atoms with E-state index < -0.39 is 10.8 Å². The Morgan fingerprint density at radius 1 is 1.12 bits per heavy atom. The molecular formula is C23H15ClN4O4S. The molecule has 33 heavy (non-hydrogen) atoms. The van der Waals surface area contributed by atoms with E-state index in [0.717, 1.165) is 0 Å². The predicted octanol–water partition coefficient (Wildman–Crippen LogP) is 5.58. The van der Waals surface area contributed by atoms with Gasteiger partial charge in [-0.3, -0.25) is 20.2 Å². The third kappa shape index (κ3) is 5.40. The lowest BCUT2D eigenvalue weighted by atomic mass is 10.2. The summed E-state index contributed by atoms with van der Waals surface area (Å²) in [4.78, 5) is 27.0. The fourth-order valence-electron chi connectivity index (χ4n) is 2.98. The molecule has 3 aromatic carbocycles. The number of hydrogen-bond donors (Lipinski definition) is 2. The summed E-state index contributed by atoms with van der Waals surface area (Å²) in [6, 6.07) is 18.4. The van der Waals surface area contributed by atoms with Crippen LogP contribution in [-0.4, -0.2) is 20.9 Å². The number of amides is 1. The first-order chi connectivity index (χ1) is 15.9. The van der Waals surface area contributed by atoms with Gasteiger partial charge in [0.05, 0.1) is 15.5 Å². The smallest absolute Gasteiger partial charge is 0.270 e. The summed E-state index contributed by atoms with van der Waals surface area (Å²) < 4.78 is 5.78. The first kappa shape index (κ1) is 22.1. The molecule has 0 atom stereocenters. The van der Waals surface area contributed by atoms with Crippen molar-refractivity contribution >= 4 is 63.4 Å². The van der Waals surface area contributed by atoms with Crippen molar-refractivity contribution < 1.29 is 14.1 Å². The number of nitro benzene ring substituents is 1. The minimum atomic E-state index is -0.500. The lowest BCUT2D eigenvalue weighted by molar-refractivity contribution is -0.384. The largest absolute Gasteiger partial charge is 0.436 e. The lowest BCUT2D eigenvalue weighted by Crippen LogP contribution is -2.32. The molecule has 164 valence electrons. The number of carbonyl (C=O) groups excluding carboxylic acids is 1. The standard InChI is InChI=1S/C23H15ClN4O4S/c24-18-7-2-1-6-17(18)22-26-19-13-15(9-10-20(19)32-22)25-23(33)27-21(29)11-8-14-4-3-5-16(12-14)28(30)31/h1-13H,(H2,25,27,29,33)/b11-8+. The maximum Gasteiger partial charge on any atom is 0.270 e. The van der Waals surface area contributed by atoms with Crippen molar-refractivity contribution in [2.45, 2.75) is 0 Å². The second kappa shape index (κ2) is 9.60. The van der Waals surface area contributed by atoms with Gasteiger partial charge in [0, 0.05) is 23.9 Å². The number of thiocarbonyl (C=S) groups is 1. The minimum Gasteiger partial charge on any atom is -0.436 e. The lowest BCUT2D eigenvalue weighted by Gasteiger charge is -2.07. The van der Waals surface area contributed by atoms with Crippen LogP contribution in [0.25, 0.3) is 28.6 Å². The first-order valence-electron chi connectivity index (χ1n) is 9.59. The second-order valence-corrected chi connectivity index (χ2v) is 7.63. The van der Waals surface area contributed by atoms with Gasteiger partial charge in [-0.1, -0.05) is 35.9 Å². The van der Waals surface area contributed by atoms with Crippen LogP contribution in [0.15, 0.2) is 77.2 Å². The van der Waals surface area contributed by atoms with E-state index in [1.54, 1.807) is 36.4 Å². The van der Waals surface area contributed by atoms with Crippen LogP contribution in [0.2, 0.25) is 5.02 Å². The number of oxazole rings is 1. The average Bonchev–Trinajstić information content (AvgIpc) is 3.21. The highest BCUT2D eigenvalue weighted by molar-refractivity contribution is 7.80. The summed E-state index contributed by atoms with van der Waals surface area (Å²) in [5.41, 5.74) is 2.91. The van der Waals surface area contributed by atoms with E-state index in [1.165, 1.54) is 24.3 Å². The van der Waals surface area contributed by atoms with Gasteiger partial charge in [-0.2, -0.15) is 0 Å². The fraction of sp³-hybridized carbons (Fsp3) is 0.